The Morgan fingerprint density at radius 3 is 2.48 bits per heavy atom. The number of nitro groups is 1. The van der Waals surface area contributed by atoms with E-state index in [9.17, 15) is 14.9 Å². The quantitative estimate of drug-likeness (QED) is 0.631. The highest BCUT2D eigenvalue weighted by Crippen LogP contribution is 2.18. The van der Waals surface area contributed by atoms with Crippen molar-refractivity contribution in [2.45, 2.75) is 13.0 Å². The zero-order valence-corrected chi connectivity index (χ0v) is 12.8. The van der Waals surface area contributed by atoms with Crippen LogP contribution in [0.3, 0.4) is 0 Å². The van der Waals surface area contributed by atoms with Gasteiger partial charge in [-0.15, -0.1) is 0 Å². The third-order valence-corrected chi connectivity index (χ3v) is 3.19. The van der Waals surface area contributed by atoms with Crippen molar-refractivity contribution >= 4 is 23.0 Å². The summed E-state index contributed by atoms with van der Waals surface area (Å²) >= 11 is 0. The number of benzene rings is 2. The molecule has 0 fully saturated rings. The average Bonchev–Trinajstić information content (AvgIpc) is 2.55. The molecule has 7 nitrogen and oxygen atoms in total. The third kappa shape index (κ3) is 4.44. The molecular weight excluding hydrogens is 298 g/mol. The molecule has 0 saturated heterocycles. The minimum atomic E-state index is -0.511. The van der Waals surface area contributed by atoms with Gasteiger partial charge in [-0.25, -0.2) is 0 Å². The maximum Gasteiger partial charge on any atom is 0.271 e. The van der Waals surface area contributed by atoms with Gasteiger partial charge < -0.3 is 15.4 Å². The minimum Gasteiger partial charge on any atom is -0.497 e. The molecule has 2 N–H and O–H groups in total. The van der Waals surface area contributed by atoms with Gasteiger partial charge in [-0.3, -0.25) is 14.9 Å². The molecule has 1 unspecified atom stereocenters. The number of nitrogens with one attached hydrogen (secondary N) is 2. The number of hydrogen-bond donors (Lipinski definition) is 2. The van der Waals surface area contributed by atoms with Crippen LogP contribution in [-0.4, -0.2) is 24.0 Å². The second-order valence-electron chi connectivity index (χ2n) is 4.89. The maximum atomic E-state index is 12.2. The summed E-state index contributed by atoms with van der Waals surface area (Å²) in [6, 6.07) is 12.5. The lowest BCUT2D eigenvalue weighted by molar-refractivity contribution is -0.384. The first-order chi connectivity index (χ1) is 11.0. The van der Waals surface area contributed by atoms with Crippen molar-refractivity contribution < 1.29 is 14.5 Å². The minimum absolute atomic E-state index is 0.0708. The predicted molar refractivity (Wildman–Crippen MR) is 87.8 cm³/mol. The number of rotatable bonds is 6. The van der Waals surface area contributed by atoms with Gasteiger partial charge in [0.05, 0.1) is 12.0 Å². The molecule has 0 saturated carbocycles. The Bertz CT molecular complexity index is 701. The van der Waals surface area contributed by atoms with Gasteiger partial charge in [-0.05, 0) is 37.3 Å². The molecule has 0 bridgehead atoms. The maximum absolute atomic E-state index is 12.2. The van der Waals surface area contributed by atoms with Crippen LogP contribution < -0.4 is 15.4 Å². The van der Waals surface area contributed by atoms with Crippen LogP contribution in [0.2, 0.25) is 0 Å². The van der Waals surface area contributed by atoms with Crippen LogP contribution in [-0.2, 0) is 4.79 Å². The largest absolute Gasteiger partial charge is 0.497 e. The van der Waals surface area contributed by atoms with Crippen molar-refractivity contribution in [1.82, 2.24) is 0 Å². The van der Waals surface area contributed by atoms with E-state index in [1.165, 1.54) is 18.2 Å². The number of non-ortho nitro benzene ring substituents is 1. The Labute approximate surface area is 133 Å². The molecule has 0 aliphatic rings. The van der Waals surface area contributed by atoms with E-state index >= 15 is 0 Å². The highest BCUT2D eigenvalue weighted by molar-refractivity contribution is 5.96. The summed E-state index contributed by atoms with van der Waals surface area (Å²) < 4.78 is 5.07. The normalized spacial score (nSPS) is 11.4. The Morgan fingerprint density at radius 1 is 1.17 bits per heavy atom. The van der Waals surface area contributed by atoms with Crippen LogP contribution in [0.4, 0.5) is 17.1 Å². The summed E-state index contributed by atoms with van der Waals surface area (Å²) in [6.07, 6.45) is 0. The number of amides is 1. The van der Waals surface area contributed by atoms with Crippen LogP contribution in [0, 0.1) is 10.1 Å². The number of carbonyl (C=O) groups is 1. The molecule has 2 rings (SSSR count). The molecule has 0 spiro atoms. The fourth-order valence-electron chi connectivity index (χ4n) is 1.95. The SMILES string of the molecule is COc1ccc(NC(C)C(=O)Nc2cccc([N+](=O)[O-])c2)cc1. The van der Waals surface area contributed by atoms with E-state index in [2.05, 4.69) is 10.6 Å². The van der Waals surface area contributed by atoms with Gasteiger partial charge in [-0.2, -0.15) is 0 Å². The second-order valence-corrected chi connectivity index (χ2v) is 4.89. The Balaban J connectivity index is 1.99. The van der Waals surface area contributed by atoms with E-state index in [4.69, 9.17) is 4.74 Å². The molecule has 7 heteroatoms. The van der Waals surface area contributed by atoms with Gasteiger partial charge in [0.2, 0.25) is 5.91 Å². The lowest BCUT2D eigenvalue weighted by atomic mass is 10.2. The van der Waals surface area contributed by atoms with Crippen molar-refractivity contribution in [3.63, 3.8) is 0 Å². The first kappa shape index (κ1) is 16.3. The van der Waals surface area contributed by atoms with Crippen molar-refractivity contribution in [3.05, 3.63) is 58.6 Å². The molecule has 1 atom stereocenters. The first-order valence-corrected chi connectivity index (χ1v) is 6.95. The predicted octanol–water partition coefficient (Wildman–Crippen LogP) is 3.04. The number of nitrogens with zero attached hydrogens (tertiary/aromatic N) is 1. The van der Waals surface area contributed by atoms with Crippen LogP contribution in [0.15, 0.2) is 48.5 Å². The van der Waals surface area contributed by atoms with Gasteiger partial charge in [-0.1, -0.05) is 6.07 Å². The van der Waals surface area contributed by atoms with Crippen LogP contribution >= 0.6 is 0 Å². The average molecular weight is 315 g/mol. The van der Waals surface area contributed by atoms with Crippen molar-refractivity contribution in [1.29, 1.82) is 0 Å². The lowest BCUT2D eigenvalue weighted by Gasteiger charge is -2.15. The fourth-order valence-corrected chi connectivity index (χ4v) is 1.95. The summed E-state index contributed by atoms with van der Waals surface area (Å²) in [7, 11) is 1.58. The molecule has 23 heavy (non-hydrogen) atoms. The van der Waals surface area contributed by atoms with Crippen molar-refractivity contribution in [2.75, 3.05) is 17.7 Å². The number of ether oxygens (including phenoxy) is 1. The summed E-state index contributed by atoms with van der Waals surface area (Å²) in [5.41, 5.74) is 1.08. The second kappa shape index (κ2) is 7.26. The standard InChI is InChI=1S/C16H17N3O4/c1-11(17-12-6-8-15(23-2)9-7-12)16(20)18-13-4-3-5-14(10-13)19(21)22/h3-11,17H,1-2H3,(H,18,20). The van der Waals surface area contributed by atoms with Crippen molar-refractivity contribution in [2.24, 2.45) is 0 Å². The molecule has 0 radical (unpaired) electrons. The summed E-state index contributed by atoms with van der Waals surface area (Å²) in [5.74, 6) is 0.436. The van der Waals surface area contributed by atoms with E-state index in [0.717, 1.165) is 11.4 Å². The van der Waals surface area contributed by atoms with E-state index in [1.807, 2.05) is 0 Å². The number of methoxy groups -OCH3 is 1. The van der Waals surface area contributed by atoms with Gasteiger partial charge in [0.1, 0.15) is 11.8 Å². The molecule has 0 aliphatic carbocycles. The van der Waals surface area contributed by atoms with E-state index in [1.54, 1.807) is 44.4 Å². The Morgan fingerprint density at radius 2 is 1.87 bits per heavy atom. The van der Waals surface area contributed by atoms with Crippen LogP contribution in [0.1, 0.15) is 6.92 Å². The monoisotopic (exact) mass is 315 g/mol. The van der Waals surface area contributed by atoms with Crippen LogP contribution in [0.25, 0.3) is 0 Å². The molecule has 120 valence electrons. The van der Waals surface area contributed by atoms with E-state index in [-0.39, 0.29) is 11.6 Å². The third-order valence-electron chi connectivity index (χ3n) is 3.19. The Kier molecular flexibility index (Phi) is 5.14. The van der Waals surface area contributed by atoms with Gasteiger partial charge in [0, 0.05) is 23.5 Å². The van der Waals surface area contributed by atoms with Gasteiger partial charge in [0.25, 0.3) is 5.69 Å². The molecular formula is C16H17N3O4. The molecule has 1 amide bonds. The highest BCUT2D eigenvalue weighted by atomic mass is 16.6. The molecule has 0 heterocycles. The molecule has 0 aliphatic heterocycles. The topological polar surface area (TPSA) is 93.5 Å². The van der Waals surface area contributed by atoms with E-state index in [0.29, 0.717) is 5.69 Å². The summed E-state index contributed by atoms with van der Waals surface area (Å²) in [6.45, 7) is 1.71. The lowest BCUT2D eigenvalue weighted by Crippen LogP contribution is -2.31. The molecule has 2 aromatic rings. The zero-order chi connectivity index (χ0) is 16.8. The fraction of sp³-hybridized carbons (Fsp3) is 0.188. The number of carbonyl (C=O) groups excluding carboxylic acids is 1. The van der Waals surface area contributed by atoms with Gasteiger partial charge >= 0.3 is 0 Å². The van der Waals surface area contributed by atoms with Crippen molar-refractivity contribution in [3.8, 4) is 5.75 Å². The number of hydrogen-bond acceptors (Lipinski definition) is 5. The smallest absolute Gasteiger partial charge is 0.271 e. The zero-order valence-electron chi connectivity index (χ0n) is 12.8. The summed E-state index contributed by atoms with van der Waals surface area (Å²) in [4.78, 5) is 22.4. The molecule has 2 aromatic carbocycles. The van der Waals surface area contributed by atoms with Crippen LogP contribution in [0.5, 0.6) is 5.75 Å². The Hall–Kier alpha value is -3.09. The van der Waals surface area contributed by atoms with E-state index < -0.39 is 11.0 Å². The first-order valence-electron chi connectivity index (χ1n) is 6.95. The number of nitro benzene ring substituents is 1. The highest BCUT2D eigenvalue weighted by Gasteiger charge is 2.14. The summed E-state index contributed by atoms with van der Waals surface area (Å²) in [5, 5.41) is 16.4. The van der Waals surface area contributed by atoms with Gasteiger partial charge in [0.15, 0.2) is 0 Å². The number of anilines is 2. The molecule has 0 aromatic heterocycles.